The van der Waals surface area contributed by atoms with Gasteiger partial charge in [-0.2, -0.15) is 0 Å². The average molecular weight is 741 g/mol. The van der Waals surface area contributed by atoms with E-state index in [1.54, 1.807) is 67.8 Å². The van der Waals surface area contributed by atoms with Gasteiger partial charge in [0.1, 0.15) is 17.1 Å². The minimum atomic E-state index is -1.45. The molecule has 10 heteroatoms. The molecule has 7 aromatic rings. The van der Waals surface area contributed by atoms with E-state index in [1.807, 2.05) is 60.8 Å². The highest BCUT2D eigenvalue weighted by Crippen LogP contribution is 2.41. The Hall–Kier alpha value is -7.33. The van der Waals surface area contributed by atoms with Gasteiger partial charge in [-0.3, -0.25) is 4.79 Å². The van der Waals surface area contributed by atoms with Crippen LogP contribution in [-0.4, -0.2) is 38.5 Å². The number of hydrogen-bond donors (Lipinski definition) is 3. The second kappa shape index (κ2) is 15.2. The summed E-state index contributed by atoms with van der Waals surface area (Å²) in [5.74, 6) is -0.989. The number of hydrogen-bond acceptors (Lipinski definition) is 5. The maximum atomic E-state index is 15.5. The smallest absolute Gasteiger partial charge is 0.321 e. The van der Waals surface area contributed by atoms with E-state index in [2.05, 4.69) is 51.6 Å². The maximum absolute atomic E-state index is 15.5. The number of benzene rings is 6. The minimum absolute atomic E-state index is 0.00826. The Labute approximate surface area is 323 Å². The van der Waals surface area contributed by atoms with Gasteiger partial charge in [0.25, 0.3) is 5.91 Å². The summed E-state index contributed by atoms with van der Waals surface area (Å²) >= 11 is 0. The molecule has 1 aliphatic rings. The van der Waals surface area contributed by atoms with Crippen molar-refractivity contribution in [3.05, 3.63) is 215 Å². The van der Waals surface area contributed by atoms with Crippen LogP contribution in [0.4, 0.5) is 20.6 Å². The van der Waals surface area contributed by atoms with Gasteiger partial charge < -0.3 is 25.2 Å². The highest BCUT2D eigenvalue weighted by Gasteiger charge is 2.39. The number of phenolic OH excluding ortho intramolecular Hbond substituents is 1. The molecule has 0 bridgehead atoms. The molecule has 0 spiro atoms. The number of phenols is 1. The first-order valence-corrected chi connectivity index (χ1v) is 18.1. The first-order chi connectivity index (χ1) is 27.3. The monoisotopic (exact) mass is 740 g/mol. The number of benzodiazepines with no additional fused rings is 1. The molecule has 0 saturated heterocycles. The molecule has 0 aliphatic carbocycles. The number of urea groups is 1. The molecule has 0 unspecified atom stereocenters. The SMILES string of the molecule is Cc1cc(NC(=O)N[C@@H]2N=C(c3ccccc3F)c3ccccc3N(Cc3cn(C(c4ccccc4)(c4ccccc4)c4ccccc4)cn3)C2=O)ccc1O. The third kappa shape index (κ3) is 6.68. The van der Waals surface area contributed by atoms with E-state index in [0.29, 0.717) is 28.2 Å². The number of nitrogens with one attached hydrogen (secondary N) is 2. The molecule has 8 rings (SSSR count). The van der Waals surface area contributed by atoms with Crippen molar-refractivity contribution in [2.24, 2.45) is 4.99 Å². The predicted molar refractivity (Wildman–Crippen MR) is 215 cm³/mol. The fraction of sp³-hybridized carbons (Fsp3) is 0.0870. The molecule has 1 atom stereocenters. The number of fused-ring (bicyclic) bond motifs is 1. The fourth-order valence-electron chi connectivity index (χ4n) is 7.35. The van der Waals surface area contributed by atoms with Crippen LogP contribution in [0.2, 0.25) is 0 Å². The van der Waals surface area contributed by atoms with E-state index < -0.39 is 29.5 Å². The second-order valence-electron chi connectivity index (χ2n) is 13.5. The van der Waals surface area contributed by atoms with Gasteiger partial charge in [0.05, 0.1) is 30.0 Å². The number of para-hydroxylation sites is 1. The molecule has 9 nitrogen and oxygen atoms in total. The first kappa shape index (κ1) is 35.7. The Balaban J connectivity index is 1.22. The van der Waals surface area contributed by atoms with E-state index in [-0.39, 0.29) is 23.6 Å². The zero-order valence-electron chi connectivity index (χ0n) is 30.4. The molecule has 0 radical (unpaired) electrons. The van der Waals surface area contributed by atoms with Crippen molar-refractivity contribution in [1.29, 1.82) is 0 Å². The summed E-state index contributed by atoms with van der Waals surface area (Å²) in [7, 11) is 0. The summed E-state index contributed by atoms with van der Waals surface area (Å²) in [6, 6.07) is 47.9. The zero-order chi connectivity index (χ0) is 38.6. The summed E-state index contributed by atoms with van der Waals surface area (Å²) in [6.07, 6.45) is 2.27. The summed E-state index contributed by atoms with van der Waals surface area (Å²) in [6.45, 7) is 1.71. The number of nitrogens with zero attached hydrogens (tertiary/aromatic N) is 4. The lowest BCUT2D eigenvalue weighted by molar-refractivity contribution is -0.120. The molecular weight excluding hydrogens is 704 g/mol. The molecule has 276 valence electrons. The Kier molecular flexibility index (Phi) is 9.68. The van der Waals surface area contributed by atoms with Crippen LogP contribution in [0.25, 0.3) is 0 Å². The molecule has 0 saturated carbocycles. The predicted octanol–water partition coefficient (Wildman–Crippen LogP) is 8.41. The van der Waals surface area contributed by atoms with Crippen molar-refractivity contribution in [3.8, 4) is 5.75 Å². The summed E-state index contributed by atoms with van der Waals surface area (Å²) in [4.78, 5) is 39.4. The van der Waals surface area contributed by atoms with E-state index in [4.69, 9.17) is 9.98 Å². The molecule has 56 heavy (non-hydrogen) atoms. The lowest BCUT2D eigenvalue weighted by atomic mass is 9.77. The summed E-state index contributed by atoms with van der Waals surface area (Å²) in [5.41, 5.74) is 5.12. The third-order valence-electron chi connectivity index (χ3n) is 9.98. The summed E-state index contributed by atoms with van der Waals surface area (Å²) < 4.78 is 17.6. The van der Waals surface area contributed by atoms with Gasteiger partial charge in [-0.05, 0) is 65.6 Å². The van der Waals surface area contributed by atoms with Gasteiger partial charge in [-0.1, -0.05) is 121 Å². The van der Waals surface area contributed by atoms with E-state index in [1.165, 1.54) is 17.0 Å². The normalized spacial score (nSPS) is 14.0. The van der Waals surface area contributed by atoms with Crippen LogP contribution in [0.5, 0.6) is 5.75 Å². The Bertz CT molecular complexity index is 2460. The van der Waals surface area contributed by atoms with Crippen LogP contribution in [0.1, 0.15) is 39.1 Å². The van der Waals surface area contributed by atoms with Crippen molar-refractivity contribution >= 4 is 29.0 Å². The number of anilines is 2. The van der Waals surface area contributed by atoms with Crippen LogP contribution >= 0.6 is 0 Å². The van der Waals surface area contributed by atoms with Gasteiger partial charge in [-0.15, -0.1) is 0 Å². The van der Waals surface area contributed by atoms with Crippen LogP contribution < -0.4 is 15.5 Å². The lowest BCUT2D eigenvalue weighted by Crippen LogP contribution is -2.48. The topological polar surface area (TPSA) is 112 Å². The van der Waals surface area contributed by atoms with Crippen molar-refractivity contribution < 1.29 is 19.1 Å². The van der Waals surface area contributed by atoms with Crippen molar-refractivity contribution in [1.82, 2.24) is 14.9 Å². The molecule has 1 aliphatic heterocycles. The number of rotatable bonds is 9. The van der Waals surface area contributed by atoms with Gasteiger partial charge in [0.15, 0.2) is 0 Å². The second-order valence-corrected chi connectivity index (χ2v) is 13.5. The highest BCUT2D eigenvalue weighted by molar-refractivity contribution is 6.20. The number of amides is 3. The summed E-state index contributed by atoms with van der Waals surface area (Å²) in [5, 5.41) is 15.4. The lowest BCUT2D eigenvalue weighted by Gasteiger charge is -2.37. The largest absolute Gasteiger partial charge is 0.508 e. The van der Waals surface area contributed by atoms with Crippen molar-refractivity contribution in [3.63, 3.8) is 0 Å². The van der Waals surface area contributed by atoms with Gasteiger partial charge in [0, 0.05) is 23.0 Å². The number of halogens is 1. The van der Waals surface area contributed by atoms with Gasteiger partial charge >= 0.3 is 6.03 Å². The Morgan fingerprint density at radius 1 is 0.768 bits per heavy atom. The number of aromatic hydroxyl groups is 1. The zero-order valence-corrected chi connectivity index (χ0v) is 30.4. The van der Waals surface area contributed by atoms with Crippen LogP contribution in [0, 0.1) is 12.7 Å². The average Bonchev–Trinajstić information content (AvgIpc) is 3.66. The van der Waals surface area contributed by atoms with Crippen molar-refractivity contribution in [2.75, 3.05) is 10.2 Å². The highest BCUT2D eigenvalue weighted by atomic mass is 19.1. The number of carbonyl (C=O) groups excluding carboxylic acids is 2. The van der Waals surface area contributed by atoms with E-state index in [0.717, 1.165) is 16.7 Å². The van der Waals surface area contributed by atoms with Gasteiger partial charge in [-0.25, -0.2) is 19.2 Å². The third-order valence-corrected chi connectivity index (χ3v) is 9.98. The van der Waals surface area contributed by atoms with Crippen LogP contribution in [0.3, 0.4) is 0 Å². The standard InChI is InChI=1S/C46H37FN6O3/c1-31-27-35(25-26-41(31)54)49-45(56)51-43-44(55)53(40-24-14-12-22-38(40)42(50-43)37-21-11-13-23-39(37)47)29-36-28-52(30-48-36)46(32-15-5-2-6-16-32,33-17-7-3-8-18-33)34-19-9-4-10-20-34/h2-28,30,43,54H,29H2,1H3,(H2,49,51,56)/t43-/m0/s1. The molecular formula is C46H37FN6O3. The molecule has 3 N–H and O–H groups in total. The number of aromatic nitrogens is 2. The number of carbonyl (C=O) groups is 2. The van der Waals surface area contributed by atoms with Crippen molar-refractivity contribution in [2.45, 2.75) is 25.2 Å². The first-order valence-electron chi connectivity index (χ1n) is 18.1. The molecule has 0 fully saturated rings. The molecule has 6 aromatic carbocycles. The van der Waals surface area contributed by atoms with Gasteiger partial charge in [0.2, 0.25) is 6.17 Å². The maximum Gasteiger partial charge on any atom is 0.321 e. The fourth-order valence-corrected chi connectivity index (χ4v) is 7.35. The number of aliphatic imine (C=N–C) groups is 1. The van der Waals surface area contributed by atoms with Crippen LogP contribution in [0.15, 0.2) is 175 Å². The quantitative estimate of drug-likeness (QED) is 0.102. The van der Waals surface area contributed by atoms with E-state index >= 15 is 4.39 Å². The molecule has 1 aromatic heterocycles. The minimum Gasteiger partial charge on any atom is -0.508 e. The Morgan fingerprint density at radius 3 is 1.95 bits per heavy atom. The Morgan fingerprint density at radius 2 is 1.34 bits per heavy atom. The molecule has 3 amide bonds. The van der Waals surface area contributed by atoms with Crippen LogP contribution in [-0.2, 0) is 16.9 Å². The number of aryl methyl sites for hydroxylation is 1. The number of imidazole rings is 1. The van der Waals surface area contributed by atoms with E-state index in [9.17, 15) is 14.7 Å². The molecule has 2 heterocycles.